The lowest BCUT2D eigenvalue weighted by molar-refractivity contribution is -0.385. The molecule has 0 fully saturated rings. The largest absolute Gasteiger partial charge is 0.305 e. The van der Waals surface area contributed by atoms with Crippen LogP contribution < -0.4 is 0 Å². The van der Waals surface area contributed by atoms with E-state index in [0.29, 0.717) is 10.6 Å². The molecular formula is C5H6N2O2S. The van der Waals surface area contributed by atoms with Gasteiger partial charge in [0.25, 0.3) is 0 Å². The summed E-state index contributed by atoms with van der Waals surface area (Å²) in [7, 11) is 0. The topological polar surface area (TPSA) is 56.0 Å². The van der Waals surface area contributed by atoms with Gasteiger partial charge in [-0.25, -0.2) is 0 Å². The van der Waals surface area contributed by atoms with Gasteiger partial charge in [-0.1, -0.05) is 0 Å². The van der Waals surface area contributed by atoms with Crippen molar-refractivity contribution in [2.45, 2.75) is 13.8 Å². The fourth-order valence-electron chi connectivity index (χ4n) is 0.739. The Morgan fingerprint density at radius 3 is 2.40 bits per heavy atom. The average molecular weight is 158 g/mol. The SMILES string of the molecule is Cc1nsc(C)c1[N+](=O)[O-]. The first-order chi connectivity index (χ1) is 4.63. The molecule has 54 valence electrons. The first kappa shape index (κ1) is 7.14. The van der Waals surface area contributed by atoms with Crippen LogP contribution >= 0.6 is 11.5 Å². The highest BCUT2D eigenvalue weighted by atomic mass is 32.1. The summed E-state index contributed by atoms with van der Waals surface area (Å²) in [6.45, 7) is 3.34. The monoisotopic (exact) mass is 158 g/mol. The van der Waals surface area contributed by atoms with Gasteiger partial charge in [-0.15, -0.1) is 0 Å². The summed E-state index contributed by atoms with van der Waals surface area (Å²) >= 11 is 1.17. The van der Waals surface area contributed by atoms with Crippen LogP contribution in [-0.4, -0.2) is 9.30 Å². The maximum absolute atomic E-state index is 10.3. The quantitative estimate of drug-likeness (QED) is 0.461. The molecule has 0 atom stereocenters. The molecule has 4 nitrogen and oxygen atoms in total. The summed E-state index contributed by atoms with van der Waals surface area (Å²) in [4.78, 5) is 10.6. The lowest BCUT2D eigenvalue weighted by atomic mass is 10.3. The molecule has 0 amide bonds. The van der Waals surface area contributed by atoms with E-state index in [0.717, 1.165) is 0 Å². The first-order valence-electron chi connectivity index (χ1n) is 2.70. The summed E-state index contributed by atoms with van der Waals surface area (Å²) in [6, 6.07) is 0. The second-order valence-electron chi connectivity index (χ2n) is 1.93. The minimum Gasteiger partial charge on any atom is -0.258 e. The third kappa shape index (κ3) is 0.995. The minimum atomic E-state index is -0.395. The van der Waals surface area contributed by atoms with E-state index in [1.165, 1.54) is 11.5 Å². The Kier molecular flexibility index (Phi) is 1.67. The Hall–Kier alpha value is -0.970. The van der Waals surface area contributed by atoms with Crippen LogP contribution in [0.4, 0.5) is 5.69 Å². The van der Waals surface area contributed by atoms with Crippen molar-refractivity contribution in [2.75, 3.05) is 0 Å². The van der Waals surface area contributed by atoms with E-state index in [1.807, 2.05) is 0 Å². The fraction of sp³-hybridized carbons (Fsp3) is 0.400. The maximum atomic E-state index is 10.3. The fourth-order valence-corrected chi connectivity index (χ4v) is 1.41. The predicted octanol–water partition coefficient (Wildman–Crippen LogP) is 1.67. The summed E-state index contributed by atoms with van der Waals surface area (Å²) in [5.74, 6) is 0. The summed E-state index contributed by atoms with van der Waals surface area (Å²) in [5, 5.41) is 10.3. The number of aromatic nitrogens is 1. The number of nitrogens with zero attached hydrogens (tertiary/aromatic N) is 2. The van der Waals surface area contributed by atoms with E-state index < -0.39 is 4.92 Å². The van der Waals surface area contributed by atoms with Crippen molar-refractivity contribution in [3.63, 3.8) is 0 Å². The molecule has 1 heterocycles. The van der Waals surface area contributed by atoms with Crippen LogP contribution in [-0.2, 0) is 0 Å². The molecular weight excluding hydrogens is 152 g/mol. The molecule has 0 aliphatic carbocycles. The smallest absolute Gasteiger partial charge is 0.258 e. The van der Waals surface area contributed by atoms with Crippen molar-refractivity contribution in [3.8, 4) is 0 Å². The Bertz CT molecular complexity index is 249. The van der Waals surface area contributed by atoms with Crippen molar-refractivity contribution in [2.24, 2.45) is 0 Å². The summed E-state index contributed by atoms with van der Waals surface area (Å²) in [5.41, 5.74) is 0.664. The van der Waals surface area contributed by atoms with Gasteiger partial charge in [0.1, 0.15) is 10.6 Å². The Morgan fingerprint density at radius 1 is 1.60 bits per heavy atom. The highest BCUT2D eigenvalue weighted by molar-refractivity contribution is 7.06. The first-order valence-corrected chi connectivity index (χ1v) is 3.47. The third-order valence-electron chi connectivity index (χ3n) is 1.18. The maximum Gasteiger partial charge on any atom is 0.305 e. The average Bonchev–Trinajstić information content (AvgIpc) is 2.11. The van der Waals surface area contributed by atoms with Crippen molar-refractivity contribution >= 4 is 17.2 Å². The molecule has 0 bridgehead atoms. The summed E-state index contributed by atoms with van der Waals surface area (Å²) in [6.07, 6.45) is 0. The normalized spacial score (nSPS) is 9.80. The summed E-state index contributed by atoms with van der Waals surface area (Å²) < 4.78 is 3.84. The van der Waals surface area contributed by atoms with E-state index in [2.05, 4.69) is 4.37 Å². The van der Waals surface area contributed by atoms with Crippen LogP contribution in [0, 0.1) is 24.0 Å². The van der Waals surface area contributed by atoms with Gasteiger partial charge in [-0.05, 0) is 25.4 Å². The van der Waals surface area contributed by atoms with Gasteiger partial charge >= 0.3 is 5.69 Å². The predicted molar refractivity (Wildman–Crippen MR) is 38.2 cm³/mol. The highest BCUT2D eigenvalue weighted by Gasteiger charge is 2.17. The van der Waals surface area contributed by atoms with Crippen LogP contribution in [0.25, 0.3) is 0 Å². The van der Waals surface area contributed by atoms with E-state index in [9.17, 15) is 10.1 Å². The van der Waals surface area contributed by atoms with Gasteiger partial charge in [0.15, 0.2) is 0 Å². The molecule has 0 unspecified atom stereocenters. The van der Waals surface area contributed by atoms with Crippen LogP contribution in [0.1, 0.15) is 10.6 Å². The standard InChI is InChI=1S/C5H6N2O2S/c1-3-5(7(8)9)4(2)10-6-3/h1-2H3. The zero-order valence-electron chi connectivity index (χ0n) is 5.62. The molecule has 1 rings (SSSR count). The molecule has 0 aliphatic rings. The Labute approximate surface area is 61.8 Å². The molecule has 1 aromatic heterocycles. The number of rotatable bonds is 1. The molecule has 10 heavy (non-hydrogen) atoms. The lowest BCUT2D eigenvalue weighted by Crippen LogP contribution is -1.89. The van der Waals surface area contributed by atoms with Crippen LogP contribution in [0.2, 0.25) is 0 Å². The van der Waals surface area contributed by atoms with Gasteiger partial charge in [-0.3, -0.25) is 10.1 Å². The van der Waals surface area contributed by atoms with Crippen molar-refractivity contribution in [1.29, 1.82) is 0 Å². The van der Waals surface area contributed by atoms with Crippen LogP contribution in [0.3, 0.4) is 0 Å². The third-order valence-corrected chi connectivity index (χ3v) is 2.01. The van der Waals surface area contributed by atoms with E-state index in [4.69, 9.17) is 0 Å². The van der Waals surface area contributed by atoms with E-state index in [1.54, 1.807) is 13.8 Å². The van der Waals surface area contributed by atoms with Crippen LogP contribution in [0.15, 0.2) is 0 Å². The van der Waals surface area contributed by atoms with Crippen LogP contribution in [0.5, 0.6) is 0 Å². The molecule has 0 radical (unpaired) electrons. The minimum absolute atomic E-state index is 0.157. The number of hydrogen-bond donors (Lipinski definition) is 0. The van der Waals surface area contributed by atoms with Gasteiger partial charge in [-0.2, -0.15) is 4.37 Å². The molecule has 0 aliphatic heterocycles. The van der Waals surface area contributed by atoms with Crippen molar-refractivity contribution in [1.82, 2.24) is 4.37 Å². The van der Waals surface area contributed by atoms with Gasteiger partial charge in [0.2, 0.25) is 0 Å². The lowest BCUT2D eigenvalue weighted by Gasteiger charge is -1.85. The van der Waals surface area contributed by atoms with Crippen molar-refractivity contribution < 1.29 is 4.92 Å². The van der Waals surface area contributed by atoms with Gasteiger partial charge in [0, 0.05) is 0 Å². The Balaban J connectivity index is 3.23. The second-order valence-corrected chi connectivity index (χ2v) is 2.91. The highest BCUT2D eigenvalue weighted by Crippen LogP contribution is 2.24. The van der Waals surface area contributed by atoms with E-state index in [-0.39, 0.29) is 5.69 Å². The number of aryl methyl sites for hydroxylation is 2. The molecule has 5 heteroatoms. The zero-order valence-corrected chi connectivity index (χ0v) is 6.44. The van der Waals surface area contributed by atoms with E-state index >= 15 is 0 Å². The molecule has 0 saturated heterocycles. The number of nitro groups is 1. The molecule has 1 aromatic rings. The number of hydrogen-bond acceptors (Lipinski definition) is 4. The zero-order chi connectivity index (χ0) is 7.72. The molecule has 0 saturated carbocycles. The van der Waals surface area contributed by atoms with Gasteiger partial charge < -0.3 is 0 Å². The van der Waals surface area contributed by atoms with Gasteiger partial charge in [0.05, 0.1) is 4.92 Å². The Morgan fingerprint density at radius 2 is 2.20 bits per heavy atom. The molecule has 0 aromatic carbocycles. The molecule has 0 N–H and O–H groups in total. The molecule has 0 spiro atoms. The van der Waals surface area contributed by atoms with Crippen molar-refractivity contribution in [3.05, 3.63) is 20.7 Å². The second kappa shape index (κ2) is 2.34.